The summed E-state index contributed by atoms with van der Waals surface area (Å²) in [4.78, 5) is 37.5. The van der Waals surface area contributed by atoms with Crippen LogP contribution in [0.2, 0.25) is 0 Å². The normalized spacial score (nSPS) is 24.0. The number of rotatable bonds is 7. The molecule has 7 heteroatoms. The van der Waals surface area contributed by atoms with Crippen molar-refractivity contribution in [1.82, 2.24) is 4.90 Å². The predicted molar refractivity (Wildman–Crippen MR) is 79.9 cm³/mol. The Morgan fingerprint density at radius 2 is 2.17 bits per heavy atom. The molecule has 3 atom stereocenters. The van der Waals surface area contributed by atoms with E-state index in [4.69, 9.17) is 9.47 Å². The van der Waals surface area contributed by atoms with Crippen molar-refractivity contribution in [3.8, 4) is 0 Å². The molecule has 0 saturated carbocycles. The van der Waals surface area contributed by atoms with E-state index in [1.54, 1.807) is 13.8 Å². The molecule has 0 spiro atoms. The Morgan fingerprint density at radius 1 is 1.48 bits per heavy atom. The fraction of sp³-hybridized carbons (Fsp3) is 0.562. The summed E-state index contributed by atoms with van der Waals surface area (Å²) in [6.07, 6.45) is 0.903. The largest absolute Gasteiger partial charge is 0.466 e. The monoisotopic (exact) mass is 323 g/mol. The number of ether oxygens (including phenoxy) is 2. The summed E-state index contributed by atoms with van der Waals surface area (Å²) < 4.78 is 9.93. The molecule has 1 amide bonds. The second-order valence-corrected chi connectivity index (χ2v) is 5.57. The second-order valence-electron chi connectivity index (χ2n) is 5.57. The van der Waals surface area contributed by atoms with E-state index in [0.717, 1.165) is 0 Å². The fourth-order valence-corrected chi connectivity index (χ4v) is 3.10. The number of amides is 1. The Hall–Kier alpha value is -2.15. The van der Waals surface area contributed by atoms with Crippen molar-refractivity contribution in [1.29, 1.82) is 0 Å². The van der Waals surface area contributed by atoms with Crippen molar-refractivity contribution >= 4 is 17.8 Å². The number of aliphatic hydroxyl groups is 1. The highest BCUT2D eigenvalue weighted by atomic mass is 16.5. The molecule has 2 aliphatic heterocycles. The maximum absolute atomic E-state index is 12.2. The zero-order chi connectivity index (χ0) is 17.1. The molecule has 7 nitrogen and oxygen atoms in total. The average molecular weight is 323 g/mol. The van der Waals surface area contributed by atoms with E-state index in [-0.39, 0.29) is 37.3 Å². The molecular formula is C16H21NO6. The average Bonchev–Trinajstić information content (AvgIpc) is 2.78. The first kappa shape index (κ1) is 17.2. The van der Waals surface area contributed by atoms with Crippen molar-refractivity contribution < 1.29 is 29.0 Å². The Balaban J connectivity index is 2.24. The quantitative estimate of drug-likeness (QED) is 0.417. The van der Waals surface area contributed by atoms with Gasteiger partial charge in [-0.2, -0.15) is 0 Å². The lowest BCUT2D eigenvalue weighted by Gasteiger charge is -2.44. The van der Waals surface area contributed by atoms with Crippen LogP contribution in [0.1, 0.15) is 26.7 Å². The first-order valence-corrected chi connectivity index (χ1v) is 7.59. The van der Waals surface area contributed by atoms with Crippen LogP contribution in [0.3, 0.4) is 0 Å². The summed E-state index contributed by atoms with van der Waals surface area (Å²) in [7, 11) is 0. The van der Waals surface area contributed by atoms with Gasteiger partial charge in [0, 0.05) is 0 Å². The molecule has 0 radical (unpaired) electrons. The molecule has 0 unspecified atom stereocenters. The van der Waals surface area contributed by atoms with Gasteiger partial charge in [0.1, 0.15) is 12.3 Å². The van der Waals surface area contributed by atoms with Gasteiger partial charge in [0.2, 0.25) is 5.91 Å². The van der Waals surface area contributed by atoms with E-state index < -0.39 is 24.0 Å². The summed E-state index contributed by atoms with van der Waals surface area (Å²) in [5.74, 6) is -2.00. The summed E-state index contributed by atoms with van der Waals surface area (Å²) in [6, 6.07) is -0.307. The van der Waals surface area contributed by atoms with Crippen LogP contribution in [-0.4, -0.2) is 53.2 Å². The number of carbonyl (C=O) groups excluding carboxylic acids is 3. The number of nitrogens with zero attached hydrogens (tertiary/aromatic N) is 1. The molecule has 0 aromatic heterocycles. The third-order valence-electron chi connectivity index (χ3n) is 4.01. The zero-order valence-corrected chi connectivity index (χ0v) is 13.3. The highest BCUT2D eigenvalue weighted by Crippen LogP contribution is 2.44. The number of hydrogen-bond acceptors (Lipinski definition) is 6. The van der Waals surface area contributed by atoms with Crippen LogP contribution in [-0.2, 0) is 23.9 Å². The molecule has 0 aliphatic carbocycles. The van der Waals surface area contributed by atoms with E-state index in [9.17, 15) is 19.5 Å². The van der Waals surface area contributed by atoms with Crippen LogP contribution in [0, 0.1) is 5.92 Å². The van der Waals surface area contributed by atoms with Gasteiger partial charge in [-0.05, 0) is 25.8 Å². The predicted octanol–water partition coefficient (Wildman–Crippen LogP) is 0.534. The summed E-state index contributed by atoms with van der Waals surface area (Å²) >= 11 is 0. The molecule has 126 valence electrons. The Kier molecular flexibility index (Phi) is 5.20. The van der Waals surface area contributed by atoms with E-state index in [1.807, 2.05) is 0 Å². The van der Waals surface area contributed by atoms with E-state index in [1.165, 1.54) is 11.0 Å². The van der Waals surface area contributed by atoms with Gasteiger partial charge in [-0.1, -0.05) is 12.7 Å². The van der Waals surface area contributed by atoms with E-state index in [2.05, 4.69) is 6.58 Å². The molecule has 0 aromatic carbocycles. The van der Waals surface area contributed by atoms with Crippen LogP contribution in [0.15, 0.2) is 23.9 Å². The first-order chi connectivity index (χ1) is 10.9. The van der Waals surface area contributed by atoms with Crippen molar-refractivity contribution in [2.45, 2.75) is 38.8 Å². The SMILES string of the molecule is C=CCOC(=O)C1=C(CC(=O)OCC)C[C@@H]2[C@@H]([C@@H](C)O)C(=O)N12. The number of β-lactam (4-membered cyclic amide) rings is 1. The van der Waals surface area contributed by atoms with Crippen LogP contribution < -0.4 is 0 Å². The van der Waals surface area contributed by atoms with E-state index in [0.29, 0.717) is 12.0 Å². The van der Waals surface area contributed by atoms with Crippen LogP contribution >= 0.6 is 0 Å². The van der Waals surface area contributed by atoms with Gasteiger partial charge in [-0.3, -0.25) is 9.59 Å². The highest BCUT2D eigenvalue weighted by Gasteiger charge is 2.56. The van der Waals surface area contributed by atoms with Gasteiger partial charge in [-0.15, -0.1) is 0 Å². The lowest BCUT2D eigenvalue weighted by atomic mass is 9.83. The first-order valence-electron chi connectivity index (χ1n) is 7.59. The molecule has 23 heavy (non-hydrogen) atoms. The highest BCUT2D eigenvalue weighted by molar-refractivity contribution is 6.01. The topological polar surface area (TPSA) is 93.1 Å². The van der Waals surface area contributed by atoms with Gasteiger partial charge in [0.25, 0.3) is 0 Å². The summed E-state index contributed by atoms with van der Waals surface area (Å²) in [5, 5.41) is 9.72. The third kappa shape index (κ3) is 3.14. The molecule has 2 heterocycles. The van der Waals surface area contributed by atoms with Crippen molar-refractivity contribution in [3.63, 3.8) is 0 Å². The third-order valence-corrected chi connectivity index (χ3v) is 4.01. The van der Waals surface area contributed by atoms with Crippen LogP contribution in [0.25, 0.3) is 0 Å². The Bertz CT molecular complexity index is 565. The van der Waals surface area contributed by atoms with Gasteiger partial charge in [0.05, 0.1) is 31.1 Å². The minimum atomic E-state index is -0.809. The standard InChI is InChI=1S/C16H21NO6/c1-4-6-23-16(21)14-10(8-12(19)22-5-2)7-11-13(9(3)18)15(20)17(11)14/h4,9,11,13,18H,1,5-8H2,2-3H3/t9-,11-,13-/m1/s1. The van der Waals surface area contributed by atoms with Crippen LogP contribution in [0.5, 0.6) is 0 Å². The molecule has 1 fully saturated rings. The van der Waals surface area contributed by atoms with Crippen LogP contribution in [0.4, 0.5) is 0 Å². The molecule has 0 aromatic rings. The molecular weight excluding hydrogens is 302 g/mol. The Morgan fingerprint density at radius 3 is 2.74 bits per heavy atom. The van der Waals surface area contributed by atoms with Crippen molar-refractivity contribution in [2.24, 2.45) is 5.92 Å². The maximum atomic E-state index is 12.2. The van der Waals surface area contributed by atoms with E-state index >= 15 is 0 Å². The van der Waals surface area contributed by atoms with Gasteiger partial charge >= 0.3 is 11.9 Å². The Labute approximate surface area is 134 Å². The van der Waals surface area contributed by atoms with Crippen molar-refractivity contribution in [2.75, 3.05) is 13.2 Å². The molecule has 1 saturated heterocycles. The zero-order valence-electron chi connectivity index (χ0n) is 13.3. The minimum absolute atomic E-state index is 0.0154. The van der Waals surface area contributed by atoms with Gasteiger partial charge < -0.3 is 19.5 Å². The molecule has 0 bridgehead atoms. The van der Waals surface area contributed by atoms with Gasteiger partial charge in [0.15, 0.2) is 0 Å². The van der Waals surface area contributed by atoms with Crippen molar-refractivity contribution in [3.05, 3.63) is 23.9 Å². The second kappa shape index (κ2) is 6.95. The molecule has 1 N–H and O–H groups in total. The number of hydrogen-bond donors (Lipinski definition) is 1. The number of carbonyl (C=O) groups is 3. The molecule has 2 aliphatic rings. The maximum Gasteiger partial charge on any atom is 0.355 e. The summed E-state index contributed by atoms with van der Waals surface area (Å²) in [5.41, 5.74) is 0.616. The number of esters is 2. The molecule has 2 rings (SSSR count). The minimum Gasteiger partial charge on any atom is -0.466 e. The number of fused-ring (bicyclic) bond motifs is 1. The number of aliphatic hydroxyl groups excluding tert-OH is 1. The lowest BCUT2D eigenvalue weighted by molar-refractivity contribution is -0.162. The summed E-state index contributed by atoms with van der Waals surface area (Å²) in [6.45, 7) is 6.96. The fourth-order valence-electron chi connectivity index (χ4n) is 3.10. The smallest absolute Gasteiger partial charge is 0.355 e. The lowest BCUT2D eigenvalue weighted by Crippen LogP contribution is -2.61. The van der Waals surface area contributed by atoms with Gasteiger partial charge in [-0.25, -0.2) is 4.79 Å².